The lowest BCUT2D eigenvalue weighted by Gasteiger charge is -2.09. The van der Waals surface area contributed by atoms with E-state index in [4.69, 9.17) is 16.3 Å². The van der Waals surface area contributed by atoms with E-state index in [0.717, 1.165) is 16.5 Å². The van der Waals surface area contributed by atoms with Crippen molar-refractivity contribution in [2.24, 2.45) is 0 Å². The molecule has 0 aliphatic heterocycles. The van der Waals surface area contributed by atoms with E-state index in [1.54, 1.807) is 30.5 Å². The lowest BCUT2D eigenvalue weighted by atomic mass is 10.2. The Bertz CT molecular complexity index is 876. The number of thiophene rings is 1. The monoisotopic (exact) mass is 346 g/mol. The number of hydrogen-bond acceptors (Lipinski definition) is 4. The van der Waals surface area contributed by atoms with Crippen LogP contribution < -0.4 is 10.1 Å². The van der Waals surface area contributed by atoms with Crippen LogP contribution in [0.25, 0.3) is 10.1 Å². The molecule has 0 spiro atoms. The summed E-state index contributed by atoms with van der Waals surface area (Å²) < 4.78 is 6.87. The third-order valence-corrected chi connectivity index (χ3v) is 5.21. The van der Waals surface area contributed by atoms with Gasteiger partial charge in [-0.25, -0.2) is 0 Å². The first-order chi connectivity index (χ1) is 11.1. The van der Waals surface area contributed by atoms with E-state index >= 15 is 0 Å². The Labute approximate surface area is 143 Å². The van der Waals surface area contributed by atoms with Crippen molar-refractivity contribution in [2.45, 2.75) is 13.3 Å². The molecule has 4 nitrogen and oxygen atoms in total. The normalized spacial score (nSPS) is 10.7. The van der Waals surface area contributed by atoms with Gasteiger partial charge < -0.3 is 10.1 Å². The lowest BCUT2D eigenvalue weighted by molar-refractivity contribution is 0.0958. The third-order valence-electron chi connectivity index (χ3n) is 3.41. The minimum Gasteiger partial charge on any atom is -0.456 e. The predicted octanol–water partition coefficient (Wildman–Crippen LogP) is 4.66. The van der Waals surface area contributed by atoms with Gasteiger partial charge in [0.1, 0.15) is 22.2 Å². The summed E-state index contributed by atoms with van der Waals surface area (Å²) in [6.45, 7) is 2.12. The van der Waals surface area contributed by atoms with E-state index in [0.29, 0.717) is 22.2 Å². The highest BCUT2D eigenvalue weighted by atomic mass is 35.5. The van der Waals surface area contributed by atoms with Crippen LogP contribution in [0.4, 0.5) is 0 Å². The number of nitrogens with one attached hydrogen (secondary N) is 1. The molecule has 0 unspecified atom stereocenters. The van der Waals surface area contributed by atoms with Gasteiger partial charge in [-0.3, -0.25) is 9.78 Å². The number of nitrogens with zero attached hydrogens (tertiary/aromatic N) is 1. The summed E-state index contributed by atoms with van der Waals surface area (Å²) in [4.78, 5) is 16.9. The van der Waals surface area contributed by atoms with Crippen LogP contribution >= 0.6 is 22.9 Å². The van der Waals surface area contributed by atoms with Gasteiger partial charge in [0.25, 0.3) is 5.91 Å². The Balaban J connectivity index is 1.95. The molecular formula is C17H15ClN2O2S. The number of hydrogen-bond donors (Lipinski definition) is 1. The Morgan fingerprint density at radius 2 is 2.17 bits per heavy atom. The molecule has 1 amide bonds. The van der Waals surface area contributed by atoms with E-state index in [2.05, 4.69) is 23.3 Å². The number of carbonyl (C=O) groups is 1. The van der Waals surface area contributed by atoms with Gasteiger partial charge in [-0.05, 0) is 36.1 Å². The van der Waals surface area contributed by atoms with Gasteiger partial charge in [0.2, 0.25) is 0 Å². The SMILES string of the molecule is CCc1cc2ccc(Oc3ccnc(C(=O)NC)c3)c(Cl)c2s1. The van der Waals surface area contributed by atoms with Crippen LogP contribution in [0.15, 0.2) is 36.5 Å². The Hall–Kier alpha value is -2.11. The van der Waals surface area contributed by atoms with E-state index in [-0.39, 0.29) is 5.91 Å². The Morgan fingerprint density at radius 1 is 1.35 bits per heavy atom. The minimum atomic E-state index is -0.261. The average molecular weight is 347 g/mol. The molecule has 118 valence electrons. The van der Waals surface area contributed by atoms with Gasteiger partial charge in [-0.1, -0.05) is 18.5 Å². The number of pyridine rings is 1. The van der Waals surface area contributed by atoms with Crippen LogP contribution in [-0.4, -0.2) is 17.9 Å². The molecule has 6 heteroatoms. The van der Waals surface area contributed by atoms with E-state index in [1.807, 2.05) is 12.1 Å². The molecule has 0 aliphatic carbocycles. The smallest absolute Gasteiger partial charge is 0.269 e. The van der Waals surface area contributed by atoms with Gasteiger partial charge in [0.05, 0.1) is 4.70 Å². The summed E-state index contributed by atoms with van der Waals surface area (Å²) in [5.41, 5.74) is 0.298. The van der Waals surface area contributed by atoms with Crippen molar-refractivity contribution in [3.05, 3.63) is 52.1 Å². The van der Waals surface area contributed by atoms with Crippen LogP contribution in [0.5, 0.6) is 11.5 Å². The van der Waals surface area contributed by atoms with Crippen molar-refractivity contribution in [3.63, 3.8) is 0 Å². The van der Waals surface area contributed by atoms with Crippen LogP contribution in [0.1, 0.15) is 22.3 Å². The fourth-order valence-corrected chi connectivity index (χ4v) is 3.57. The standard InChI is InChI=1S/C17H15ClN2O2S/c1-3-12-8-10-4-5-14(15(18)16(10)23-12)22-11-6-7-20-13(9-11)17(21)19-2/h4-9H,3H2,1-2H3,(H,19,21). The quantitative estimate of drug-likeness (QED) is 0.747. The van der Waals surface area contributed by atoms with Gasteiger partial charge in [-0.15, -0.1) is 11.3 Å². The number of fused-ring (bicyclic) bond motifs is 1. The highest BCUT2D eigenvalue weighted by Gasteiger charge is 2.12. The highest BCUT2D eigenvalue weighted by molar-refractivity contribution is 7.19. The van der Waals surface area contributed by atoms with Crippen molar-refractivity contribution < 1.29 is 9.53 Å². The third kappa shape index (κ3) is 3.16. The van der Waals surface area contributed by atoms with Crippen molar-refractivity contribution in [1.29, 1.82) is 0 Å². The van der Waals surface area contributed by atoms with Gasteiger partial charge >= 0.3 is 0 Å². The molecule has 1 N–H and O–H groups in total. The van der Waals surface area contributed by atoms with Crippen LogP contribution in [0, 0.1) is 0 Å². The molecule has 0 bridgehead atoms. The molecule has 1 aromatic carbocycles. The summed E-state index contributed by atoms with van der Waals surface area (Å²) in [6, 6.07) is 9.26. The first-order valence-corrected chi connectivity index (χ1v) is 8.38. The maximum absolute atomic E-state index is 11.6. The average Bonchev–Trinajstić information content (AvgIpc) is 3.01. The zero-order valence-corrected chi connectivity index (χ0v) is 14.3. The second-order valence-corrected chi connectivity index (χ2v) is 6.43. The summed E-state index contributed by atoms with van der Waals surface area (Å²) >= 11 is 8.15. The second-order valence-electron chi connectivity index (χ2n) is 4.92. The summed E-state index contributed by atoms with van der Waals surface area (Å²) in [5, 5.41) is 4.24. The van der Waals surface area contributed by atoms with Crippen molar-refractivity contribution >= 4 is 38.9 Å². The fraction of sp³-hybridized carbons (Fsp3) is 0.176. The molecule has 2 aromatic heterocycles. The first kappa shape index (κ1) is 15.8. The van der Waals surface area contributed by atoms with E-state index in [1.165, 1.54) is 11.1 Å². The van der Waals surface area contributed by atoms with Gasteiger partial charge in [0, 0.05) is 24.2 Å². The number of amides is 1. The second kappa shape index (κ2) is 6.56. The maximum atomic E-state index is 11.6. The van der Waals surface area contributed by atoms with Gasteiger partial charge in [0.15, 0.2) is 0 Å². The molecule has 0 radical (unpaired) electrons. The maximum Gasteiger partial charge on any atom is 0.269 e. The molecule has 2 heterocycles. The van der Waals surface area contributed by atoms with E-state index in [9.17, 15) is 4.79 Å². The van der Waals surface area contributed by atoms with Crippen LogP contribution in [0.3, 0.4) is 0 Å². The zero-order chi connectivity index (χ0) is 16.4. The summed E-state index contributed by atoms with van der Waals surface area (Å²) in [5.74, 6) is 0.827. The zero-order valence-electron chi connectivity index (χ0n) is 12.7. The molecular weight excluding hydrogens is 332 g/mol. The molecule has 0 aliphatic rings. The number of carbonyl (C=O) groups excluding carboxylic acids is 1. The van der Waals surface area contributed by atoms with Crippen molar-refractivity contribution in [2.75, 3.05) is 7.05 Å². The topological polar surface area (TPSA) is 51.2 Å². The van der Waals surface area contributed by atoms with Crippen LogP contribution in [0.2, 0.25) is 5.02 Å². The molecule has 23 heavy (non-hydrogen) atoms. The van der Waals surface area contributed by atoms with Gasteiger partial charge in [-0.2, -0.15) is 0 Å². The number of aromatic nitrogens is 1. The number of halogens is 1. The minimum absolute atomic E-state index is 0.261. The number of benzene rings is 1. The van der Waals surface area contributed by atoms with Crippen LogP contribution in [-0.2, 0) is 6.42 Å². The van der Waals surface area contributed by atoms with E-state index < -0.39 is 0 Å². The largest absolute Gasteiger partial charge is 0.456 e. The lowest BCUT2D eigenvalue weighted by Crippen LogP contribution is -2.18. The fourth-order valence-electron chi connectivity index (χ4n) is 2.21. The Kier molecular flexibility index (Phi) is 4.50. The summed E-state index contributed by atoms with van der Waals surface area (Å²) in [7, 11) is 1.56. The first-order valence-electron chi connectivity index (χ1n) is 7.19. The molecule has 0 atom stereocenters. The van der Waals surface area contributed by atoms with Crippen molar-refractivity contribution in [1.82, 2.24) is 10.3 Å². The van der Waals surface area contributed by atoms with Crippen molar-refractivity contribution in [3.8, 4) is 11.5 Å². The molecule has 3 aromatic rings. The molecule has 0 fully saturated rings. The highest BCUT2D eigenvalue weighted by Crippen LogP contribution is 2.39. The summed E-state index contributed by atoms with van der Waals surface area (Å²) in [6.07, 6.45) is 2.51. The number of ether oxygens (including phenoxy) is 1. The molecule has 0 saturated carbocycles. The molecule has 3 rings (SSSR count). The molecule has 0 saturated heterocycles. The number of aryl methyl sites for hydroxylation is 1. The number of rotatable bonds is 4. The Morgan fingerprint density at radius 3 is 2.91 bits per heavy atom. The predicted molar refractivity (Wildman–Crippen MR) is 93.9 cm³/mol.